The molecule has 3 N–H and O–H groups in total. The van der Waals surface area contributed by atoms with Gasteiger partial charge < -0.3 is 15.8 Å². The molecule has 1 unspecified atom stereocenters. The summed E-state index contributed by atoms with van der Waals surface area (Å²) >= 11 is 1.75. The SMILES string of the molecule is COCc1ccccc1NC(N)=NCC(C)c1cccs1.I. The molecule has 0 aliphatic heterocycles. The Bertz CT molecular complexity index is 587. The highest BCUT2D eigenvalue weighted by molar-refractivity contribution is 14.0. The molecule has 0 aliphatic rings. The van der Waals surface area contributed by atoms with Gasteiger partial charge in [0.15, 0.2) is 5.96 Å². The zero-order valence-corrected chi connectivity index (χ0v) is 15.9. The molecule has 0 spiro atoms. The highest BCUT2D eigenvalue weighted by atomic mass is 127. The van der Waals surface area contributed by atoms with Gasteiger partial charge in [-0.25, -0.2) is 0 Å². The molecule has 6 heteroatoms. The van der Waals surface area contributed by atoms with E-state index in [1.54, 1.807) is 18.4 Å². The van der Waals surface area contributed by atoms with Crippen molar-refractivity contribution in [2.45, 2.75) is 19.4 Å². The lowest BCUT2D eigenvalue weighted by molar-refractivity contribution is 0.185. The summed E-state index contributed by atoms with van der Waals surface area (Å²) in [7, 11) is 1.68. The van der Waals surface area contributed by atoms with E-state index in [1.165, 1.54) is 4.88 Å². The van der Waals surface area contributed by atoms with E-state index in [9.17, 15) is 0 Å². The van der Waals surface area contributed by atoms with Crippen LogP contribution in [0.2, 0.25) is 0 Å². The summed E-state index contributed by atoms with van der Waals surface area (Å²) in [5.74, 6) is 0.807. The number of benzene rings is 1. The molecule has 2 rings (SSSR count). The predicted molar refractivity (Wildman–Crippen MR) is 105 cm³/mol. The predicted octanol–water partition coefficient (Wildman–Crippen LogP) is 4.04. The van der Waals surface area contributed by atoms with Crippen LogP contribution < -0.4 is 11.1 Å². The van der Waals surface area contributed by atoms with Crippen molar-refractivity contribution < 1.29 is 4.74 Å². The quantitative estimate of drug-likeness (QED) is 0.412. The molecule has 0 saturated heterocycles. The minimum Gasteiger partial charge on any atom is -0.380 e. The highest BCUT2D eigenvalue weighted by Gasteiger charge is 2.06. The second kappa shape index (κ2) is 9.81. The van der Waals surface area contributed by atoms with Gasteiger partial charge in [0.2, 0.25) is 0 Å². The molecule has 120 valence electrons. The fraction of sp³-hybridized carbons (Fsp3) is 0.312. The lowest BCUT2D eigenvalue weighted by Gasteiger charge is -2.12. The van der Waals surface area contributed by atoms with Crippen molar-refractivity contribution in [2.75, 3.05) is 19.0 Å². The van der Waals surface area contributed by atoms with Crippen molar-refractivity contribution in [1.82, 2.24) is 0 Å². The van der Waals surface area contributed by atoms with Gasteiger partial charge in [0, 0.05) is 29.2 Å². The second-order valence-electron chi connectivity index (χ2n) is 4.86. The van der Waals surface area contributed by atoms with E-state index in [-0.39, 0.29) is 24.0 Å². The molecule has 0 saturated carbocycles. The number of hydrogen-bond donors (Lipinski definition) is 2. The number of methoxy groups -OCH3 is 1. The van der Waals surface area contributed by atoms with Crippen LogP contribution in [0.3, 0.4) is 0 Å². The number of nitrogens with two attached hydrogens (primary N) is 1. The van der Waals surface area contributed by atoms with Crippen molar-refractivity contribution in [3.8, 4) is 0 Å². The maximum atomic E-state index is 5.97. The number of thiophene rings is 1. The summed E-state index contributed by atoms with van der Waals surface area (Å²) in [6.45, 7) is 3.37. The Balaban J connectivity index is 0.00000242. The average Bonchev–Trinajstić information content (AvgIpc) is 3.01. The third-order valence-electron chi connectivity index (χ3n) is 3.14. The fourth-order valence-electron chi connectivity index (χ4n) is 2.00. The van der Waals surface area contributed by atoms with Crippen LogP contribution in [-0.2, 0) is 11.3 Å². The zero-order valence-electron chi connectivity index (χ0n) is 12.8. The van der Waals surface area contributed by atoms with Crippen molar-refractivity contribution in [3.63, 3.8) is 0 Å². The van der Waals surface area contributed by atoms with Crippen LogP contribution in [-0.4, -0.2) is 19.6 Å². The molecule has 22 heavy (non-hydrogen) atoms. The summed E-state index contributed by atoms with van der Waals surface area (Å²) in [6.07, 6.45) is 0. The Kier molecular flexibility index (Phi) is 8.44. The molecule has 0 radical (unpaired) electrons. The van der Waals surface area contributed by atoms with Crippen LogP contribution in [0.5, 0.6) is 0 Å². The third kappa shape index (κ3) is 5.58. The van der Waals surface area contributed by atoms with Crippen LogP contribution in [0, 0.1) is 0 Å². The number of aliphatic imine (C=N–C) groups is 1. The van der Waals surface area contributed by atoms with Crippen LogP contribution >= 0.6 is 35.3 Å². The van der Waals surface area contributed by atoms with Crippen molar-refractivity contribution in [1.29, 1.82) is 0 Å². The summed E-state index contributed by atoms with van der Waals surface area (Å²) in [5, 5.41) is 5.23. The first-order chi connectivity index (χ1) is 10.2. The number of ether oxygens (including phenoxy) is 1. The standard InChI is InChI=1S/C16H21N3OS.HI/c1-12(15-8-5-9-21-15)10-18-16(17)19-14-7-4-3-6-13(14)11-20-2;/h3-9,12H,10-11H2,1-2H3,(H3,17,18,19);1H. The van der Waals surface area contributed by atoms with Gasteiger partial charge in [0.05, 0.1) is 13.2 Å². The van der Waals surface area contributed by atoms with E-state index in [0.717, 1.165) is 11.3 Å². The lowest BCUT2D eigenvalue weighted by atomic mass is 10.1. The number of nitrogens with zero attached hydrogens (tertiary/aromatic N) is 1. The fourth-order valence-corrected chi connectivity index (χ4v) is 2.78. The normalized spacial score (nSPS) is 12.5. The second-order valence-corrected chi connectivity index (χ2v) is 5.84. The summed E-state index contributed by atoms with van der Waals surface area (Å²) in [5.41, 5.74) is 7.97. The third-order valence-corrected chi connectivity index (χ3v) is 4.25. The Morgan fingerprint density at radius 1 is 1.32 bits per heavy atom. The first-order valence-corrected chi connectivity index (χ1v) is 7.76. The number of anilines is 1. The van der Waals surface area contributed by atoms with Gasteiger partial charge in [-0.05, 0) is 17.5 Å². The largest absolute Gasteiger partial charge is 0.380 e. The molecule has 0 aliphatic carbocycles. The minimum absolute atomic E-state index is 0. The molecule has 1 heterocycles. The summed E-state index contributed by atoms with van der Waals surface area (Å²) in [4.78, 5) is 5.75. The summed E-state index contributed by atoms with van der Waals surface area (Å²) in [6, 6.07) is 12.1. The molecule has 2 aromatic rings. The topological polar surface area (TPSA) is 59.6 Å². The maximum Gasteiger partial charge on any atom is 0.193 e. The molecule has 0 amide bonds. The van der Waals surface area contributed by atoms with Crippen molar-refractivity contribution in [2.24, 2.45) is 10.7 Å². The van der Waals surface area contributed by atoms with Gasteiger partial charge in [0.25, 0.3) is 0 Å². The zero-order chi connectivity index (χ0) is 15.1. The lowest BCUT2D eigenvalue weighted by Crippen LogP contribution is -2.24. The van der Waals surface area contributed by atoms with Crippen molar-refractivity contribution >= 4 is 47.0 Å². The number of halogens is 1. The Labute approximate surface area is 152 Å². The molecule has 1 aromatic carbocycles. The van der Waals surface area contributed by atoms with Crippen LogP contribution in [0.1, 0.15) is 23.3 Å². The first kappa shape index (κ1) is 18.9. The first-order valence-electron chi connectivity index (χ1n) is 6.88. The van der Waals surface area contributed by atoms with E-state index in [1.807, 2.05) is 24.3 Å². The average molecular weight is 431 g/mol. The highest BCUT2D eigenvalue weighted by Crippen LogP contribution is 2.21. The molecule has 0 bridgehead atoms. The molecular weight excluding hydrogens is 409 g/mol. The molecule has 0 fully saturated rings. The Hall–Kier alpha value is -1.12. The van der Waals surface area contributed by atoms with Gasteiger partial charge in [-0.15, -0.1) is 35.3 Å². The van der Waals surface area contributed by atoms with E-state index in [0.29, 0.717) is 25.0 Å². The monoisotopic (exact) mass is 431 g/mol. The van der Waals surface area contributed by atoms with Crippen LogP contribution in [0.15, 0.2) is 46.8 Å². The number of para-hydroxylation sites is 1. The van der Waals surface area contributed by atoms with Gasteiger partial charge in [0.1, 0.15) is 0 Å². The number of nitrogens with one attached hydrogen (secondary N) is 1. The summed E-state index contributed by atoms with van der Waals surface area (Å²) < 4.78 is 5.18. The van der Waals surface area contributed by atoms with Gasteiger partial charge in [-0.3, -0.25) is 4.99 Å². The molecular formula is C16H22IN3OS. The van der Waals surface area contributed by atoms with E-state index < -0.39 is 0 Å². The van der Waals surface area contributed by atoms with Gasteiger partial charge in [-0.2, -0.15) is 0 Å². The molecule has 1 aromatic heterocycles. The number of hydrogen-bond acceptors (Lipinski definition) is 3. The number of guanidine groups is 1. The Morgan fingerprint density at radius 2 is 2.09 bits per heavy atom. The van der Waals surface area contributed by atoms with E-state index in [2.05, 4.69) is 34.7 Å². The van der Waals surface area contributed by atoms with Crippen molar-refractivity contribution in [3.05, 3.63) is 52.2 Å². The Morgan fingerprint density at radius 3 is 2.77 bits per heavy atom. The maximum absolute atomic E-state index is 5.97. The van der Waals surface area contributed by atoms with E-state index in [4.69, 9.17) is 10.5 Å². The van der Waals surface area contributed by atoms with E-state index >= 15 is 0 Å². The minimum atomic E-state index is 0. The smallest absolute Gasteiger partial charge is 0.193 e. The van der Waals surface area contributed by atoms with Crippen LogP contribution in [0.25, 0.3) is 0 Å². The van der Waals surface area contributed by atoms with Crippen LogP contribution in [0.4, 0.5) is 5.69 Å². The molecule has 4 nitrogen and oxygen atoms in total. The van der Waals surface area contributed by atoms with Gasteiger partial charge in [-0.1, -0.05) is 31.2 Å². The molecule has 1 atom stereocenters. The number of rotatable bonds is 6. The van der Waals surface area contributed by atoms with Gasteiger partial charge >= 0.3 is 0 Å².